The fourth-order valence-electron chi connectivity index (χ4n) is 2.15. The van der Waals surface area contributed by atoms with Crippen molar-refractivity contribution in [2.75, 3.05) is 17.2 Å². The number of carbonyl (C=O) groups excluding carboxylic acids is 2. The van der Waals surface area contributed by atoms with Gasteiger partial charge in [-0.25, -0.2) is 0 Å². The number of anilines is 2. The SMILES string of the molecule is CC(=O)Nc1ccc(NC(=O)[C@@H]2CCCCN2)cc1. The standard InChI is InChI=1S/C14H19N3O2/c1-10(18)16-11-5-7-12(8-6-11)17-14(19)13-4-2-3-9-15-13/h5-8,13,15H,2-4,9H2,1H3,(H,16,18)(H,17,19)/t13-/m0/s1. The van der Waals surface area contributed by atoms with E-state index in [2.05, 4.69) is 16.0 Å². The third-order valence-electron chi connectivity index (χ3n) is 3.10. The normalized spacial score (nSPS) is 18.7. The van der Waals surface area contributed by atoms with Crippen LogP contribution in [0.4, 0.5) is 11.4 Å². The maximum absolute atomic E-state index is 12.0. The molecule has 1 aliphatic heterocycles. The van der Waals surface area contributed by atoms with Gasteiger partial charge in [-0.2, -0.15) is 0 Å². The summed E-state index contributed by atoms with van der Waals surface area (Å²) in [6, 6.07) is 7.01. The molecular formula is C14H19N3O2. The third kappa shape index (κ3) is 4.06. The Kier molecular flexibility index (Phi) is 4.52. The molecule has 2 rings (SSSR count). The van der Waals surface area contributed by atoms with Crippen LogP contribution >= 0.6 is 0 Å². The van der Waals surface area contributed by atoms with E-state index in [1.165, 1.54) is 6.92 Å². The van der Waals surface area contributed by atoms with E-state index in [-0.39, 0.29) is 17.9 Å². The minimum Gasteiger partial charge on any atom is -0.326 e. The molecule has 1 atom stereocenters. The second-order valence-corrected chi connectivity index (χ2v) is 4.75. The Morgan fingerprint density at radius 1 is 1.11 bits per heavy atom. The number of amides is 2. The van der Waals surface area contributed by atoms with Gasteiger partial charge in [0.1, 0.15) is 0 Å². The van der Waals surface area contributed by atoms with Gasteiger partial charge in [0.25, 0.3) is 0 Å². The van der Waals surface area contributed by atoms with Crippen molar-refractivity contribution in [1.82, 2.24) is 5.32 Å². The second kappa shape index (κ2) is 6.33. The molecule has 2 amide bonds. The molecule has 1 aromatic carbocycles. The fourth-order valence-corrected chi connectivity index (χ4v) is 2.15. The summed E-state index contributed by atoms with van der Waals surface area (Å²) in [6.45, 7) is 2.37. The van der Waals surface area contributed by atoms with Crippen LogP contribution in [0.1, 0.15) is 26.2 Å². The van der Waals surface area contributed by atoms with Crippen LogP contribution in [0.25, 0.3) is 0 Å². The minimum absolute atomic E-state index is 0.00646. The van der Waals surface area contributed by atoms with Crippen molar-refractivity contribution in [3.8, 4) is 0 Å². The third-order valence-corrected chi connectivity index (χ3v) is 3.10. The van der Waals surface area contributed by atoms with E-state index in [0.717, 1.165) is 37.2 Å². The van der Waals surface area contributed by atoms with Crippen molar-refractivity contribution < 1.29 is 9.59 Å². The fraction of sp³-hybridized carbons (Fsp3) is 0.429. The molecule has 102 valence electrons. The van der Waals surface area contributed by atoms with Gasteiger partial charge in [-0.3, -0.25) is 9.59 Å². The lowest BCUT2D eigenvalue weighted by molar-refractivity contribution is -0.118. The molecule has 0 spiro atoms. The summed E-state index contributed by atoms with van der Waals surface area (Å²) in [5.41, 5.74) is 1.47. The molecule has 1 aromatic rings. The summed E-state index contributed by atoms with van der Waals surface area (Å²) in [6.07, 6.45) is 3.11. The van der Waals surface area contributed by atoms with Gasteiger partial charge in [0.2, 0.25) is 11.8 Å². The lowest BCUT2D eigenvalue weighted by Gasteiger charge is -2.22. The lowest BCUT2D eigenvalue weighted by atomic mass is 10.0. The van der Waals surface area contributed by atoms with E-state index in [4.69, 9.17) is 0 Å². The van der Waals surface area contributed by atoms with Crippen LogP contribution in [0.2, 0.25) is 0 Å². The molecule has 0 saturated carbocycles. The summed E-state index contributed by atoms with van der Waals surface area (Å²) in [5.74, 6) is -0.102. The highest BCUT2D eigenvalue weighted by Crippen LogP contribution is 2.15. The first kappa shape index (κ1) is 13.5. The maximum Gasteiger partial charge on any atom is 0.241 e. The van der Waals surface area contributed by atoms with E-state index < -0.39 is 0 Å². The highest BCUT2D eigenvalue weighted by atomic mass is 16.2. The van der Waals surface area contributed by atoms with Crippen LogP contribution in [-0.4, -0.2) is 24.4 Å². The van der Waals surface area contributed by atoms with Crippen molar-refractivity contribution in [3.05, 3.63) is 24.3 Å². The predicted octanol–water partition coefficient (Wildman–Crippen LogP) is 1.73. The molecule has 0 aliphatic carbocycles. The van der Waals surface area contributed by atoms with Gasteiger partial charge >= 0.3 is 0 Å². The summed E-state index contributed by atoms with van der Waals surface area (Å²) < 4.78 is 0. The maximum atomic E-state index is 12.0. The lowest BCUT2D eigenvalue weighted by Crippen LogP contribution is -2.43. The Morgan fingerprint density at radius 3 is 2.26 bits per heavy atom. The molecule has 5 nitrogen and oxygen atoms in total. The number of benzene rings is 1. The Hall–Kier alpha value is -1.88. The molecule has 0 bridgehead atoms. The number of rotatable bonds is 3. The first-order valence-electron chi connectivity index (χ1n) is 6.57. The monoisotopic (exact) mass is 261 g/mol. The molecular weight excluding hydrogens is 242 g/mol. The van der Waals surface area contributed by atoms with Crippen LogP contribution < -0.4 is 16.0 Å². The second-order valence-electron chi connectivity index (χ2n) is 4.75. The Bertz CT molecular complexity index is 450. The molecule has 1 saturated heterocycles. The van der Waals surface area contributed by atoms with Gasteiger partial charge in [-0.05, 0) is 43.7 Å². The Morgan fingerprint density at radius 2 is 1.74 bits per heavy atom. The van der Waals surface area contributed by atoms with Gasteiger partial charge in [0.05, 0.1) is 6.04 Å². The zero-order valence-corrected chi connectivity index (χ0v) is 11.0. The molecule has 3 N–H and O–H groups in total. The van der Waals surface area contributed by atoms with Gasteiger partial charge < -0.3 is 16.0 Å². The smallest absolute Gasteiger partial charge is 0.241 e. The van der Waals surface area contributed by atoms with Crippen molar-refractivity contribution in [3.63, 3.8) is 0 Å². The van der Waals surface area contributed by atoms with E-state index in [1.807, 2.05) is 0 Å². The number of carbonyl (C=O) groups is 2. The molecule has 0 aromatic heterocycles. The van der Waals surface area contributed by atoms with Crippen molar-refractivity contribution >= 4 is 23.2 Å². The highest BCUT2D eigenvalue weighted by Gasteiger charge is 2.20. The van der Waals surface area contributed by atoms with Gasteiger partial charge in [-0.15, -0.1) is 0 Å². The van der Waals surface area contributed by atoms with Crippen LogP contribution in [0, 0.1) is 0 Å². The average molecular weight is 261 g/mol. The number of nitrogens with one attached hydrogen (secondary N) is 3. The molecule has 1 aliphatic rings. The van der Waals surface area contributed by atoms with E-state index in [9.17, 15) is 9.59 Å². The predicted molar refractivity (Wildman–Crippen MR) is 75.0 cm³/mol. The molecule has 0 radical (unpaired) electrons. The van der Waals surface area contributed by atoms with Crippen LogP contribution in [0.15, 0.2) is 24.3 Å². The largest absolute Gasteiger partial charge is 0.326 e. The van der Waals surface area contributed by atoms with E-state index in [1.54, 1.807) is 24.3 Å². The number of hydrogen-bond donors (Lipinski definition) is 3. The quantitative estimate of drug-likeness (QED) is 0.776. The minimum atomic E-state index is -0.108. The molecule has 5 heteroatoms. The van der Waals surface area contributed by atoms with E-state index in [0.29, 0.717) is 0 Å². The first-order chi connectivity index (χ1) is 9.15. The summed E-state index contributed by atoms with van der Waals surface area (Å²) in [7, 11) is 0. The molecule has 1 heterocycles. The summed E-state index contributed by atoms with van der Waals surface area (Å²) in [5, 5.41) is 8.77. The Labute approximate surface area is 112 Å². The highest BCUT2D eigenvalue weighted by molar-refractivity contribution is 5.95. The van der Waals surface area contributed by atoms with Gasteiger partial charge in [0.15, 0.2) is 0 Å². The summed E-state index contributed by atoms with van der Waals surface area (Å²) in [4.78, 5) is 22.9. The van der Waals surface area contributed by atoms with Crippen LogP contribution in [-0.2, 0) is 9.59 Å². The van der Waals surface area contributed by atoms with Gasteiger partial charge in [-0.1, -0.05) is 6.42 Å². The molecule has 0 unspecified atom stereocenters. The van der Waals surface area contributed by atoms with Crippen molar-refractivity contribution in [2.45, 2.75) is 32.2 Å². The molecule has 19 heavy (non-hydrogen) atoms. The van der Waals surface area contributed by atoms with Crippen molar-refractivity contribution in [2.24, 2.45) is 0 Å². The number of piperidine rings is 1. The average Bonchev–Trinajstić information content (AvgIpc) is 2.41. The van der Waals surface area contributed by atoms with Crippen LogP contribution in [0.3, 0.4) is 0 Å². The first-order valence-corrected chi connectivity index (χ1v) is 6.57. The van der Waals surface area contributed by atoms with E-state index >= 15 is 0 Å². The summed E-state index contributed by atoms with van der Waals surface area (Å²) >= 11 is 0. The van der Waals surface area contributed by atoms with Crippen molar-refractivity contribution in [1.29, 1.82) is 0 Å². The van der Waals surface area contributed by atoms with Gasteiger partial charge in [0, 0.05) is 18.3 Å². The molecule has 1 fully saturated rings. The van der Waals surface area contributed by atoms with Crippen LogP contribution in [0.5, 0.6) is 0 Å². The Balaban J connectivity index is 1.91. The zero-order valence-electron chi connectivity index (χ0n) is 11.0. The zero-order chi connectivity index (χ0) is 13.7. The number of hydrogen-bond acceptors (Lipinski definition) is 3. The topological polar surface area (TPSA) is 70.2 Å².